The molecule has 0 fully saturated rings. The number of aromatic nitrogens is 5. The monoisotopic (exact) mass is 313 g/mol. The first-order valence-electron chi connectivity index (χ1n) is 8.03. The molecule has 23 heavy (non-hydrogen) atoms. The van der Waals surface area contributed by atoms with E-state index in [0.29, 0.717) is 12.5 Å². The van der Waals surface area contributed by atoms with Crippen LogP contribution in [-0.2, 0) is 19.5 Å². The summed E-state index contributed by atoms with van der Waals surface area (Å²) in [6, 6.07) is 4.03. The maximum absolute atomic E-state index is 5.68. The Hall–Kier alpha value is -2.37. The molecule has 0 aromatic carbocycles. The van der Waals surface area contributed by atoms with Gasteiger partial charge in [-0.15, -0.1) is 5.10 Å². The Morgan fingerprint density at radius 3 is 2.65 bits per heavy atom. The normalized spacial score (nSPS) is 12.7. The van der Waals surface area contributed by atoms with E-state index in [9.17, 15) is 0 Å². The second kappa shape index (κ2) is 6.40. The van der Waals surface area contributed by atoms with Crippen LogP contribution in [0.25, 0.3) is 0 Å². The predicted octanol–water partition coefficient (Wildman–Crippen LogP) is 3.10. The Labute approximate surface area is 136 Å². The van der Waals surface area contributed by atoms with Gasteiger partial charge in [-0.05, 0) is 32.9 Å². The average Bonchev–Trinajstić information content (AvgIpc) is 3.22. The minimum absolute atomic E-state index is 0.290. The van der Waals surface area contributed by atoms with Crippen molar-refractivity contribution >= 4 is 0 Å². The molecule has 0 amide bonds. The fourth-order valence-electron chi connectivity index (χ4n) is 2.69. The number of aryl methyl sites for hydroxylation is 3. The van der Waals surface area contributed by atoms with Crippen LogP contribution in [-0.4, -0.2) is 24.8 Å². The molecule has 1 unspecified atom stereocenters. The third-order valence-corrected chi connectivity index (χ3v) is 4.05. The molecule has 0 aliphatic carbocycles. The highest BCUT2D eigenvalue weighted by Gasteiger charge is 2.13. The van der Waals surface area contributed by atoms with E-state index >= 15 is 0 Å². The Balaban J connectivity index is 1.66. The molecular formula is C17H23N5O. The van der Waals surface area contributed by atoms with E-state index in [1.165, 1.54) is 5.56 Å². The quantitative estimate of drug-likeness (QED) is 0.701. The lowest BCUT2D eigenvalue weighted by Gasteiger charge is -2.05. The highest BCUT2D eigenvalue weighted by molar-refractivity contribution is 5.16. The van der Waals surface area contributed by atoms with Gasteiger partial charge in [0.2, 0.25) is 0 Å². The first-order valence-corrected chi connectivity index (χ1v) is 8.03. The van der Waals surface area contributed by atoms with Crippen molar-refractivity contribution in [2.45, 2.75) is 53.1 Å². The lowest BCUT2D eigenvalue weighted by Crippen LogP contribution is -2.01. The maximum Gasteiger partial charge on any atom is 0.107 e. The van der Waals surface area contributed by atoms with Crippen LogP contribution in [0.15, 0.2) is 28.9 Å². The zero-order valence-corrected chi connectivity index (χ0v) is 14.2. The third kappa shape index (κ3) is 3.52. The molecule has 3 aromatic rings. The van der Waals surface area contributed by atoms with E-state index in [1.54, 1.807) is 0 Å². The SMILES string of the molecule is CCn1cc(Cn2cc(CC(C)c3ccc(C)o3)nn2)c(C)n1. The highest BCUT2D eigenvalue weighted by atomic mass is 16.3. The van der Waals surface area contributed by atoms with Crippen LogP contribution in [0.5, 0.6) is 0 Å². The molecule has 3 heterocycles. The van der Waals surface area contributed by atoms with Gasteiger partial charge < -0.3 is 4.42 Å². The molecule has 6 nitrogen and oxygen atoms in total. The molecule has 122 valence electrons. The lowest BCUT2D eigenvalue weighted by atomic mass is 10.0. The van der Waals surface area contributed by atoms with Crippen LogP contribution in [0.4, 0.5) is 0 Å². The van der Waals surface area contributed by atoms with Gasteiger partial charge in [0, 0.05) is 36.8 Å². The van der Waals surface area contributed by atoms with E-state index in [-0.39, 0.29) is 0 Å². The molecular weight excluding hydrogens is 290 g/mol. The molecule has 0 aliphatic rings. The van der Waals surface area contributed by atoms with E-state index in [0.717, 1.165) is 35.9 Å². The minimum atomic E-state index is 0.290. The Morgan fingerprint density at radius 1 is 1.17 bits per heavy atom. The van der Waals surface area contributed by atoms with Crippen molar-refractivity contribution in [3.63, 3.8) is 0 Å². The van der Waals surface area contributed by atoms with Crippen molar-refractivity contribution in [1.29, 1.82) is 0 Å². The second-order valence-electron chi connectivity index (χ2n) is 6.06. The summed E-state index contributed by atoms with van der Waals surface area (Å²) in [6.07, 6.45) is 4.90. The number of rotatable bonds is 6. The summed E-state index contributed by atoms with van der Waals surface area (Å²) in [4.78, 5) is 0. The number of hydrogen-bond acceptors (Lipinski definition) is 4. The fraction of sp³-hybridized carbons (Fsp3) is 0.471. The van der Waals surface area contributed by atoms with Crippen molar-refractivity contribution in [3.05, 3.63) is 53.0 Å². The first kappa shape index (κ1) is 15.5. The van der Waals surface area contributed by atoms with Gasteiger partial charge in [-0.25, -0.2) is 4.68 Å². The van der Waals surface area contributed by atoms with Gasteiger partial charge in [-0.3, -0.25) is 4.68 Å². The van der Waals surface area contributed by atoms with Gasteiger partial charge >= 0.3 is 0 Å². The van der Waals surface area contributed by atoms with Crippen molar-refractivity contribution < 1.29 is 4.42 Å². The summed E-state index contributed by atoms with van der Waals surface area (Å²) in [6.45, 7) is 9.80. The van der Waals surface area contributed by atoms with Gasteiger partial charge in [0.05, 0.1) is 17.9 Å². The molecule has 0 bridgehead atoms. The molecule has 1 atom stereocenters. The molecule has 0 N–H and O–H groups in total. The van der Waals surface area contributed by atoms with Gasteiger partial charge in [-0.1, -0.05) is 12.1 Å². The van der Waals surface area contributed by atoms with Crippen molar-refractivity contribution in [2.24, 2.45) is 0 Å². The summed E-state index contributed by atoms with van der Waals surface area (Å²) in [7, 11) is 0. The topological polar surface area (TPSA) is 61.7 Å². The summed E-state index contributed by atoms with van der Waals surface area (Å²) >= 11 is 0. The van der Waals surface area contributed by atoms with Gasteiger partial charge in [0.1, 0.15) is 11.5 Å². The highest BCUT2D eigenvalue weighted by Crippen LogP contribution is 2.21. The molecule has 0 spiro atoms. The molecule has 0 saturated carbocycles. The maximum atomic E-state index is 5.68. The second-order valence-corrected chi connectivity index (χ2v) is 6.06. The summed E-state index contributed by atoms with van der Waals surface area (Å²) in [5, 5.41) is 13.0. The number of nitrogens with zero attached hydrogens (tertiary/aromatic N) is 5. The molecule has 0 saturated heterocycles. The molecule has 0 aliphatic heterocycles. The van der Waals surface area contributed by atoms with Crippen LogP contribution < -0.4 is 0 Å². The predicted molar refractivity (Wildman–Crippen MR) is 87.3 cm³/mol. The van der Waals surface area contributed by atoms with E-state index in [4.69, 9.17) is 4.42 Å². The minimum Gasteiger partial charge on any atom is -0.466 e. The van der Waals surface area contributed by atoms with E-state index < -0.39 is 0 Å². The largest absolute Gasteiger partial charge is 0.466 e. The average molecular weight is 313 g/mol. The zero-order valence-electron chi connectivity index (χ0n) is 14.2. The third-order valence-electron chi connectivity index (χ3n) is 4.05. The van der Waals surface area contributed by atoms with Crippen molar-refractivity contribution in [2.75, 3.05) is 0 Å². The van der Waals surface area contributed by atoms with Crippen molar-refractivity contribution in [1.82, 2.24) is 24.8 Å². The summed E-state index contributed by atoms with van der Waals surface area (Å²) in [5.41, 5.74) is 3.20. The number of furan rings is 1. The van der Waals surface area contributed by atoms with Gasteiger partial charge in [0.15, 0.2) is 0 Å². The van der Waals surface area contributed by atoms with Gasteiger partial charge in [-0.2, -0.15) is 5.10 Å². The Kier molecular flexibility index (Phi) is 4.32. The van der Waals surface area contributed by atoms with E-state index in [1.807, 2.05) is 41.5 Å². The Morgan fingerprint density at radius 2 is 2.00 bits per heavy atom. The Bertz CT molecular complexity index is 783. The molecule has 0 radical (unpaired) electrons. The fourth-order valence-corrected chi connectivity index (χ4v) is 2.69. The van der Waals surface area contributed by atoms with Gasteiger partial charge in [0.25, 0.3) is 0 Å². The standard InChI is InChI=1S/C17H23N5O/c1-5-21-9-15(14(4)19-21)10-22-11-16(18-20-22)8-12(2)17-7-6-13(3)23-17/h6-7,9,11-12H,5,8,10H2,1-4H3. The van der Waals surface area contributed by atoms with E-state index in [2.05, 4.69) is 35.5 Å². The van der Waals surface area contributed by atoms with Crippen LogP contribution in [0.3, 0.4) is 0 Å². The summed E-state index contributed by atoms with van der Waals surface area (Å²) in [5.74, 6) is 2.23. The van der Waals surface area contributed by atoms with Crippen LogP contribution >= 0.6 is 0 Å². The van der Waals surface area contributed by atoms with Crippen LogP contribution in [0.2, 0.25) is 0 Å². The van der Waals surface area contributed by atoms with Crippen LogP contribution in [0, 0.1) is 13.8 Å². The molecule has 6 heteroatoms. The van der Waals surface area contributed by atoms with Crippen LogP contribution in [0.1, 0.15) is 48.2 Å². The smallest absolute Gasteiger partial charge is 0.107 e. The first-order chi connectivity index (χ1) is 11.0. The number of hydrogen-bond donors (Lipinski definition) is 0. The zero-order chi connectivity index (χ0) is 16.4. The lowest BCUT2D eigenvalue weighted by molar-refractivity contribution is 0.450. The molecule has 3 aromatic heterocycles. The molecule has 3 rings (SSSR count). The van der Waals surface area contributed by atoms with Crippen molar-refractivity contribution in [3.8, 4) is 0 Å². The summed E-state index contributed by atoms with van der Waals surface area (Å²) < 4.78 is 9.51.